The van der Waals surface area contributed by atoms with Crippen LogP contribution in [0.15, 0.2) is 46.9 Å². The molecule has 6 heteroatoms. The molecule has 3 rings (SSSR count). The molecule has 0 saturated heterocycles. The summed E-state index contributed by atoms with van der Waals surface area (Å²) in [6, 6.07) is 8.32. The van der Waals surface area contributed by atoms with E-state index in [1.807, 2.05) is 19.9 Å². The molecule has 2 aromatic heterocycles. The van der Waals surface area contributed by atoms with Crippen molar-refractivity contribution in [2.45, 2.75) is 20.5 Å². The molecule has 0 radical (unpaired) electrons. The number of ketones is 1. The lowest BCUT2D eigenvalue weighted by atomic mass is 10.1. The molecule has 3 nitrogen and oxygen atoms in total. The van der Waals surface area contributed by atoms with E-state index < -0.39 is 11.6 Å². The van der Waals surface area contributed by atoms with Gasteiger partial charge in [0.1, 0.15) is 23.9 Å². The fourth-order valence-electron chi connectivity index (χ4n) is 2.43. The third kappa shape index (κ3) is 4.26. The van der Waals surface area contributed by atoms with Gasteiger partial charge >= 0.3 is 0 Å². The molecule has 0 N–H and O–H groups in total. The van der Waals surface area contributed by atoms with Gasteiger partial charge in [-0.15, -0.1) is 11.3 Å². The molecule has 0 saturated carbocycles. The number of allylic oxidation sites excluding steroid dienone is 1. The molecule has 26 heavy (non-hydrogen) atoms. The first-order valence-corrected chi connectivity index (χ1v) is 8.70. The minimum Gasteiger partial charge on any atom is -0.483 e. The SMILES string of the molecule is Cc1cc(C(=O)/C=C/c2ccc(COc3ccc(F)cc3F)o2)c(C)s1. The maximum atomic E-state index is 13.5. The first kappa shape index (κ1) is 18.1. The quantitative estimate of drug-likeness (QED) is 0.410. The van der Waals surface area contributed by atoms with E-state index in [-0.39, 0.29) is 18.1 Å². The van der Waals surface area contributed by atoms with Crippen LogP contribution >= 0.6 is 11.3 Å². The van der Waals surface area contributed by atoms with Gasteiger partial charge in [-0.05, 0) is 56.3 Å². The van der Waals surface area contributed by atoms with Crippen molar-refractivity contribution in [3.8, 4) is 5.75 Å². The van der Waals surface area contributed by atoms with E-state index >= 15 is 0 Å². The molecule has 0 atom stereocenters. The van der Waals surface area contributed by atoms with Crippen molar-refractivity contribution in [3.05, 3.63) is 80.9 Å². The largest absolute Gasteiger partial charge is 0.483 e. The molecule has 2 heterocycles. The number of carbonyl (C=O) groups excluding carboxylic acids is 1. The maximum absolute atomic E-state index is 13.5. The summed E-state index contributed by atoms with van der Waals surface area (Å²) in [7, 11) is 0. The molecule has 0 spiro atoms. The predicted octanol–water partition coefficient (Wildman–Crippen LogP) is 5.71. The second kappa shape index (κ2) is 7.66. The van der Waals surface area contributed by atoms with Gasteiger partial charge in [-0.1, -0.05) is 0 Å². The molecule has 0 aliphatic rings. The standard InChI is InChI=1S/C20H16F2O3S/c1-12-9-17(13(2)26-12)19(23)7-6-15-4-5-16(25-15)11-24-20-8-3-14(21)10-18(20)22/h3-10H,11H2,1-2H3/b7-6+. The Labute approximate surface area is 153 Å². The van der Waals surface area contributed by atoms with Gasteiger partial charge in [0.25, 0.3) is 0 Å². The first-order chi connectivity index (χ1) is 12.4. The Balaban J connectivity index is 1.62. The second-order valence-corrected chi connectivity index (χ2v) is 7.15. The van der Waals surface area contributed by atoms with E-state index in [9.17, 15) is 13.6 Å². The molecule has 134 valence electrons. The second-order valence-electron chi connectivity index (χ2n) is 5.69. The monoisotopic (exact) mass is 374 g/mol. The Morgan fingerprint density at radius 1 is 1.19 bits per heavy atom. The summed E-state index contributed by atoms with van der Waals surface area (Å²) in [5, 5.41) is 0. The zero-order chi connectivity index (χ0) is 18.7. The van der Waals surface area contributed by atoms with Crippen LogP contribution in [0.5, 0.6) is 5.75 Å². The molecule has 0 aliphatic heterocycles. The Kier molecular flexibility index (Phi) is 5.32. The van der Waals surface area contributed by atoms with Gasteiger partial charge in [0.05, 0.1) is 0 Å². The van der Waals surface area contributed by atoms with Gasteiger partial charge in [-0.2, -0.15) is 0 Å². The van der Waals surface area contributed by atoms with Gasteiger partial charge < -0.3 is 9.15 Å². The Morgan fingerprint density at radius 3 is 2.69 bits per heavy atom. The number of hydrogen-bond acceptors (Lipinski definition) is 4. The summed E-state index contributed by atoms with van der Waals surface area (Å²) in [4.78, 5) is 14.3. The van der Waals surface area contributed by atoms with Crippen LogP contribution in [0.1, 0.15) is 31.6 Å². The van der Waals surface area contributed by atoms with Crippen LogP contribution in [0.2, 0.25) is 0 Å². The minimum atomic E-state index is -0.774. The number of benzene rings is 1. The highest BCUT2D eigenvalue weighted by Gasteiger charge is 2.10. The summed E-state index contributed by atoms with van der Waals surface area (Å²) in [5.74, 6) is -0.637. The van der Waals surface area contributed by atoms with Crippen molar-refractivity contribution in [1.82, 2.24) is 0 Å². The lowest BCUT2D eigenvalue weighted by molar-refractivity contribution is 0.104. The van der Waals surface area contributed by atoms with Crippen molar-refractivity contribution in [2.75, 3.05) is 0 Å². The third-order valence-electron chi connectivity index (χ3n) is 3.65. The van der Waals surface area contributed by atoms with E-state index in [0.29, 0.717) is 17.1 Å². The lowest BCUT2D eigenvalue weighted by Gasteiger charge is -2.05. The van der Waals surface area contributed by atoms with Crippen molar-refractivity contribution in [2.24, 2.45) is 0 Å². The molecule has 0 aliphatic carbocycles. The minimum absolute atomic E-state index is 0.00677. The van der Waals surface area contributed by atoms with Gasteiger partial charge in [0.15, 0.2) is 17.3 Å². The van der Waals surface area contributed by atoms with E-state index in [2.05, 4.69) is 0 Å². The fraction of sp³-hybridized carbons (Fsp3) is 0.150. The highest BCUT2D eigenvalue weighted by atomic mass is 32.1. The Morgan fingerprint density at radius 2 is 2.00 bits per heavy atom. The van der Waals surface area contributed by atoms with Gasteiger partial charge in [-0.25, -0.2) is 8.78 Å². The Hall–Kier alpha value is -2.73. The van der Waals surface area contributed by atoms with Crippen molar-refractivity contribution >= 4 is 23.2 Å². The average molecular weight is 374 g/mol. The molecule has 3 aromatic rings. The van der Waals surface area contributed by atoms with E-state index in [1.165, 1.54) is 12.1 Å². The smallest absolute Gasteiger partial charge is 0.187 e. The molecule has 0 fully saturated rings. The molecule has 0 unspecified atom stereocenters. The molecular formula is C20H16F2O3S. The lowest BCUT2D eigenvalue weighted by Crippen LogP contribution is -1.96. The van der Waals surface area contributed by atoms with Crippen LogP contribution in [-0.4, -0.2) is 5.78 Å². The molecule has 0 bridgehead atoms. The third-order valence-corrected chi connectivity index (χ3v) is 4.62. The normalized spacial score (nSPS) is 11.2. The van der Waals surface area contributed by atoms with Gasteiger partial charge in [0.2, 0.25) is 0 Å². The van der Waals surface area contributed by atoms with Crippen LogP contribution < -0.4 is 4.74 Å². The zero-order valence-corrected chi connectivity index (χ0v) is 15.0. The van der Waals surface area contributed by atoms with E-state index in [0.717, 1.165) is 21.9 Å². The number of ether oxygens (including phenoxy) is 1. The topological polar surface area (TPSA) is 39.4 Å². The summed E-state index contributed by atoms with van der Waals surface area (Å²) in [6.45, 7) is 3.86. The van der Waals surface area contributed by atoms with Gasteiger partial charge in [0, 0.05) is 21.4 Å². The number of carbonyl (C=O) groups is 1. The average Bonchev–Trinajstić information content (AvgIpc) is 3.18. The number of thiophene rings is 1. The van der Waals surface area contributed by atoms with Crippen molar-refractivity contribution in [3.63, 3.8) is 0 Å². The highest BCUT2D eigenvalue weighted by molar-refractivity contribution is 7.12. The first-order valence-electron chi connectivity index (χ1n) is 7.88. The summed E-state index contributed by atoms with van der Waals surface area (Å²) < 4.78 is 37.2. The zero-order valence-electron chi connectivity index (χ0n) is 14.2. The molecular weight excluding hydrogens is 358 g/mol. The predicted molar refractivity (Wildman–Crippen MR) is 96.6 cm³/mol. The fourth-order valence-corrected chi connectivity index (χ4v) is 3.36. The van der Waals surface area contributed by atoms with E-state index in [4.69, 9.17) is 9.15 Å². The summed E-state index contributed by atoms with van der Waals surface area (Å²) in [5.41, 5.74) is 0.686. The summed E-state index contributed by atoms with van der Waals surface area (Å²) >= 11 is 1.58. The summed E-state index contributed by atoms with van der Waals surface area (Å²) in [6.07, 6.45) is 3.04. The number of aryl methyl sites for hydroxylation is 2. The van der Waals surface area contributed by atoms with Crippen LogP contribution in [0.3, 0.4) is 0 Å². The molecule has 0 amide bonds. The number of hydrogen-bond donors (Lipinski definition) is 0. The number of rotatable bonds is 6. The van der Waals surface area contributed by atoms with Gasteiger partial charge in [-0.3, -0.25) is 4.79 Å². The number of halogens is 2. The maximum Gasteiger partial charge on any atom is 0.187 e. The van der Waals surface area contributed by atoms with Crippen LogP contribution in [0.25, 0.3) is 6.08 Å². The number of furan rings is 1. The van der Waals surface area contributed by atoms with Crippen LogP contribution in [0.4, 0.5) is 8.78 Å². The molecule has 1 aromatic carbocycles. The van der Waals surface area contributed by atoms with Crippen molar-refractivity contribution < 1.29 is 22.7 Å². The highest BCUT2D eigenvalue weighted by Crippen LogP contribution is 2.22. The van der Waals surface area contributed by atoms with Crippen LogP contribution in [-0.2, 0) is 6.61 Å². The van der Waals surface area contributed by atoms with E-state index in [1.54, 1.807) is 29.5 Å². The van der Waals surface area contributed by atoms with Crippen LogP contribution in [0, 0.1) is 25.5 Å². The van der Waals surface area contributed by atoms with Crippen molar-refractivity contribution in [1.29, 1.82) is 0 Å². The Bertz CT molecular complexity index is 969.